The Labute approximate surface area is 260 Å². The van der Waals surface area contributed by atoms with Crippen molar-refractivity contribution in [3.63, 3.8) is 0 Å². The van der Waals surface area contributed by atoms with Gasteiger partial charge < -0.3 is 19.9 Å². The number of amides is 1. The molecule has 6 rings (SSSR count). The molecular weight excluding hydrogens is 572 g/mol. The van der Waals surface area contributed by atoms with Crippen LogP contribution in [-0.4, -0.2) is 29.7 Å². The van der Waals surface area contributed by atoms with Gasteiger partial charge >= 0.3 is 0 Å². The predicted molar refractivity (Wildman–Crippen MR) is 168 cm³/mol. The summed E-state index contributed by atoms with van der Waals surface area (Å²) in [5.74, 6) is -1.99. The molecule has 1 aliphatic carbocycles. The number of carbonyl (C=O) groups excluding carboxylic acids is 3. The van der Waals surface area contributed by atoms with Crippen LogP contribution in [0.25, 0.3) is 10.8 Å². The van der Waals surface area contributed by atoms with Gasteiger partial charge in [0.1, 0.15) is 28.2 Å². The predicted octanol–water partition coefficient (Wildman–Crippen LogP) is 5.47. The number of ketones is 2. The first-order valence-electron chi connectivity index (χ1n) is 14.5. The fraction of sp³-hybridized carbons (Fsp3) is 0.194. The van der Waals surface area contributed by atoms with Crippen molar-refractivity contribution >= 4 is 28.2 Å². The number of aryl methyl sites for hydroxylation is 1. The minimum atomic E-state index is -1.58. The lowest BCUT2D eigenvalue weighted by Gasteiger charge is -2.28. The number of nitrogens with one attached hydrogen (secondary N) is 2. The normalized spacial score (nSPS) is 18.1. The summed E-state index contributed by atoms with van der Waals surface area (Å²) in [6.07, 6.45) is 1.21. The van der Waals surface area contributed by atoms with Crippen LogP contribution in [0.5, 0.6) is 17.2 Å². The smallest absolute Gasteiger partial charge is 0.259 e. The van der Waals surface area contributed by atoms with Crippen molar-refractivity contribution in [2.75, 3.05) is 7.11 Å². The number of methoxy groups -OCH3 is 1. The standard InChI is InChI=1S/C36H32N2O7/c1-20-14-15-23-12-8-9-13-24(23)25(20)18-37-35(42)31-28(43-4)16-27(40)32-33(31)45-29-17-26(39)30(34(41)36(29,32)3)21(2)38-44-19-22-10-6-5-7-11-22/h5-17,38,40H,18-19H2,1-4H3,(H,37,42)/b30-21+/t36-/m1/s1. The lowest BCUT2D eigenvalue weighted by atomic mass is 9.70. The Balaban J connectivity index is 1.34. The van der Waals surface area contributed by atoms with E-state index in [0.29, 0.717) is 0 Å². The molecule has 1 amide bonds. The van der Waals surface area contributed by atoms with Crippen molar-refractivity contribution < 1.29 is 33.8 Å². The lowest BCUT2D eigenvalue weighted by molar-refractivity contribution is -0.123. The molecule has 4 aromatic carbocycles. The molecule has 9 heteroatoms. The van der Waals surface area contributed by atoms with Gasteiger partial charge in [0, 0.05) is 24.4 Å². The van der Waals surface area contributed by atoms with E-state index in [9.17, 15) is 19.5 Å². The van der Waals surface area contributed by atoms with Crippen LogP contribution in [0, 0.1) is 6.92 Å². The van der Waals surface area contributed by atoms with Crippen molar-refractivity contribution in [3.8, 4) is 17.2 Å². The van der Waals surface area contributed by atoms with E-state index in [0.717, 1.165) is 27.5 Å². The van der Waals surface area contributed by atoms with Gasteiger partial charge in [-0.3, -0.25) is 24.7 Å². The van der Waals surface area contributed by atoms with Gasteiger partial charge in [0.2, 0.25) is 0 Å². The maximum Gasteiger partial charge on any atom is 0.259 e. The van der Waals surface area contributed by atoms with E-state index in [1.54, 1.807) is 13.8 Å². The topological polar surface area (TPSA) is 123 Å². The molecule has 0 radical (unpaired) electrons. The largest absolute Gasteiger partial charge is 0.507 e. The highest BCUT2D eigenvalue weighted by Crippen LogP contribution is 2.56. The van der Waals surface area contributed by atoms with Gasteiger partial charge in [-0.15, -0.1) is 0 Å². The third kappa shape index (κ3) is 5.01. The lowest BCUT2D eigenvalue weighted by Crippen LogP contribution is -2.41. The molecule has 1 atom stereocenters. The third-order valence-corrected chi connectivity index (χ3v) is 8.45. The van der Waals surface area contributed by atoms with E-state index >= 15 is 0 Å². The van der Waals surface area contributed by atoms with E-state index in [-0.39, 0.29) is 58.6 Å². The molecule has 0 saturated heterocycles. The molecule has 1 heterocycles. The number of carbonyl (C=O) groups is 3. The van der Waals surface area contributed by atoms with Gasteiger partial charge in [-0.05, 0) is 48.2 Å². The second-order valence-corrected chi connectivity index (χ2v) is 11.2. The Morgan fingerprint density at radius 3 is 2.51 bits per heavy atom. The van der Waals surface area contributed by atoms with Crippen LogP contribution in [-0.2, 0) is 33.0 Å². The number of hydrogen-bond acceptors (Lipinski definition) is 8. The van der Waals surface area contributed by atoms with Crippen LogP contribution >= 0.6 is 0 Å². The minimum absolute atomic E-state index is 0.00605. The molecule has 9 nitrogen and oxygen atoms in total. The summed E-state index contributed by atoms with van der Waals surface area (Å²) in [7, 11) is 1.37. The van der Waals surface area contributed by atoms with E-state index in [1.807, 2.05) is 73.7 Å². The molecule has 0 aromatic heterocycles. The average molecular weight is 605 g/mol. The maximum absolute atomic E-state index is 14.1. The number of allylic oxidation sites excluding steroid dienone is 4. The summed E-state index contributed by atoms with van der Waals surface area (Å²) in [5.41, 5.74) is 4.15. The number of hydroxylamine groups is 1. The summed E-state index contributed by atoms with van der Waals surface area (Å²) in [5, 5.41) is 16.2. The van der Waals surface area contributed by atoms with Gasteiger partial charge in [-0.1, -0.05) is 66.7 Å². The molecule has 0 fully saturated rings. The average Bonchev–Trinajstić information content (AvgIpc) is 3.34. The first kappa shape index (κ1) is 29.7. The van der Waals surface area contributed by atoms with Crippen LogP contribution in [0.15, 0.2) is 95.9 Å². The van der Waals surface area contributed by atoms with E-state index in [4.69, 9.17) is 14.3 Å². The molecular formula is C36H32N2O7. The van der Waals surface area contributed by atoms with E-state index < -0.39 is 22.9 Å². The Hall–Kier alpha value is -5.41. The first-order chi connectivity index (χ1) is 21.6. The molecule has 0 bridgehead atoms. The third-order valence-electron chi connectivity index (χ3n) is 8.45. The van der Waals surface area contributed by atoms with Crippen LogP contribution in [0.2, 0.25) is 0 Å². The molecule has 45 heavy (non-hydrogen) atoms. The van der Waals surface area contributed by atoms with Gasteiger partial charge in [0.15, 0.2) is 17.3 Å². The fourth-order valence-electron chi connectivity index (χ4n) is 6.02. The van der Waals surface area contributed by atoms with Crippen LogP contribution in [0.3, 0.4) is 0 Å². The van der Waals surface area contributed by atoms with Crippen molar-refractivity contribution in [1.82, 2.24) is 10.8 Å². The highest BCUT2D eigenvalue weighted by Gasteiger charge is 2.56. The maximum atomic E-state index is 14.1. The highest BCUT2D eigenvalue weighted by molar-refractivity contribution is 6.31. The molecule has 3 N–H and O–H groups in total. The van der Waals surface area contributed by atoms with Gasteiger partial charge in [-0.2, -0.15) is 0 Å². The second kappa shape index (κ2) is 11.6. The summed E-state index contributed by atoms with van der Waals surface area (Å²) in [6, 6.07) is 22.7. The summed E-state index contributed by atoms with van der Waals surface area (Å²) >= 11 is 0. The molecule has 0 spiro atoms. The Kier molecular flexibility index (Phi) is 7.64. The Bertz CT molecular complexity index is 1940. The molecule has 4 aromatic rings. The zero-order valence-corrected chi connectivity index (χ0v) is 25.3. The first-order valence-corrected chi connectivity index (χ1v) is 14.5. The number of phenols is 1. The highest BCUT2D eigenvalue weighted by atomic mass is 16.6. The quantitative estimate of drug-likeness (QED) is 0.137. The number of Topliss-reactive ketones (excluding diaryl/α,β-unsaturated/α-hetero) is 1. The Morgan fingerprint density at radius 2 is 1.76 bits per heavy atom. The molecule has 228 valence electrons. The van der Waals surface area contributed by atoms with Crippen LogP contribution < -0.4 is 20.3 Å². The van der Waals surface area contributed by atoms with E-state index in [2.05, 4.69) is 10.8 Å². The Morgan fingerprint density at radius 1 is 1.02 bits per heavy atom. The molecule has 0 saturated carbocycles. The summed E-state index contributed by atoms with van der Waals surface area (Å²) in [4.78, 5) is 46.7. The fourth-order valence-corrected chi connectivity index (χ4v) is 6.02. The number of ether oxygens (including phenoxy) is 2. The number of phenolic OH excluding ortho intramolecular Hbond substituents is 1. The monoisotopic (exact) mass is 604 g/mol. The zero-order valence-electron chi connectivity index (χ0n) is 25.3. The number of rotatable bonds is 8. The minimum Gasteiger partial charge on any atom is -0.507 e. The SMILES string of the molecule is COc1cc(O)c2c(c1C(=O)NCc1c(C)ccc3ccccc13)OC1=CC(=O)/C(=C(/C)NOCc3ccccc3)C(=O)[C@]12C. The van der Waals surface area contributed by atoms with Gasteiger partial charge in [0.25, 0.3) is 5.91 Å². The van der Waals surface area contributed by atoms with Gasteiger partial charge in [0.05, 0.1) is 24.9 Å². The van der Waals surface area contributed by atoms with Crippen molar-refractivity contribution in [2.24, 2.45) is 0 Å². The van der Waals surface area contributed by atoms with Gasteiger partial charge in [-0.25, -0.2) is 0 Å². The summed E-state index contributed by atoms with van der Waals surface area (Å²) in [6.45, 7) is 5.52. The van der Waals surface area contributed by atoms with Crippen molar-refractivity contribution in [3.05, 3.63) is 124 Å². The summed E-state index contributed by atoms with van der Waals surface area (Å²) < 4.78 is 11.6. The molecule has 1 aliphatic heterocycles. The number of hydrogen-bond donors (Lipinski definition) is 3. The molecule has 0 unspecified atom stereocenters. The van der Waals surface area contributed by atoms with Crippen molar-refractivity contribution in [1.29, 1.82) is 0 Å². The zero-order chi connectivity index (χ0) is 31.9. The second-order valence-electron chi connectivity index (χ2n) is 11.2. The van der Waals surface area contributed by atoms with E-state index in [1.165, 1.54) is 19.3 Å². The van der Waals surface area contributed by atoms with Crippen LogP contribution in [0.4, 0.5) is 0 Å². The van der Waals surface area contributed by atoms with Crippen LogP contribution in [0.1, 0.15) is 46.5 Å². The number of fused-ring (bicyclic) bond motifs is 4. The number of aromatic hydroxyl groups is 1. The molecule has 2 aliphatic rings. The van der Waals surface area contributed by atoms with Crippen molar-refractivity contribution in [2.45, 2.75) is 39.3 Å². The number of benzene rings is 4.